The van der Waals surface area contributed by atoms with Gasteiger partial charge in [0.05, 0.1) is 26.2 Å². The van der Waals surface area contributed by atoms with Gasteiger partial charge in [0, 0.05) is 0 Å². The van der Waals surface area contributed by atoms with Crippen molar-refractivity contribution in [3.8, 4) is 0 Å². The van der Waals surface area contributed by atoms with Gasteiger partial charge in [-0.2, -0.15) is 17.5 Å². The Hall–Kier alpha value is -0.0500. The van der Waals surface area contributed by atoms with Crippen LogP contribution in [0.25, 0.3) is 0 Å². The van der Waals surface area contributed by atoms with Gasteiger partial charge in [-0.25, -0.2) is 8.42 Å². The van der Waals surface area contributed by atoms with Crippen LogP contribution >= 0.6 is 12.4 Å². The lowest BCUT2D eigenvalue weighted by molar-refractivity contribution is -0.661. The van der Waals surface area contributed by atoms with Gasteiger partial charge in [-0.05, 0) is 0 Å². The van der Waals surface area contributed by atoms with Crippen molar-refractivity contribution in [2.75, 3.05) is 26.2 Å². The van der Waals surface area contributed by atoms with E-state index in [-0.39, 0.29) is 25.5 Å². The van der Waals surface area contributed by atoms with Gasteiger partial charge in [-0.3, -0.25) is 0 Å². The number of hydrogen-bond donors (Lipinski definition) is 1. The minimum atomic E-state index is -5.16. The monoisotopic (exact) mass is 255 g/mol. The molecule has 14 heavy (non-hydrogen) atoms. The van der Waals surface area contributed by atoms with Crippen molar-refractivity contribution in [2.24, 2.45) is 0 Å². The first-order valence-corrected chi connectivity index (χ1v) is 5.18. The van der Waals surface area contributed by atoms with Crippen LogP contribution in [0.4, 0.5) is 13.2 Å². The standard InChI is InChI=1S/C5H9F3N2O2S.ClH/c6-5(7,8)13(11,12)10-3-1-9-2-4-10;/h9H,1-4H2;1H/p+1. The van der Waals surface area contributed by atoms with Crippen molar-refractivity contribution in [3.63, 3.8) is 0 Å². The summed E-state index contributed by atoms with van der Waals surface area (Å²) in [6, 6.07) is 0. The number of piperazine rings is 1. The summed E-state index contributed by atoms with van der Waals surface area (Å²) >= 11 is 0. The van der Waals surface area contributed by atoms with Crippen LogP contribution in [0, 0.1) is 0 Å². The lowest BCUT2D eigenvalue weighted by atomic mass is 10.4. The predicted molar refractivity (Wildman–Crippen MR) is 45.5 cm³/mol. The Morgan fingerprint density at radius 2 is 1.57 bits per heavy atom. The zero-order chi connectivity index (χ0) is 10.1. The fourth-order valence-electron chi connectivity index (χ4n) is 1.11. The molecule has 0 radical (unpaired) electrons. The van der Waals surface area contributed by atoms with Crippen molar-refractivity contribution in [1.29, 1.82) is 0 Å². The molecular formula is C5H11ClF3N2O2S+. The van der Waals surface area contributed by atoms with E-state index >= 15 is 0 Å². The van der Waals surface area contributed by atoms with Crippen LogP contribution in [0.1, 0.15) is 0 Å². The van der Waals surface area contributed by atoms with Gasteiger partial charge < -0.3 is 5.32 Å². The summed E-state index contributed by atoms with van der Waals surface area (Å²) in [5.74, 6) is 0. The maximum Gasteiger partial charge on any atom is 0.511 e. The molecule has 2 N–H and O–H groups in total. The maximum atomic E-state index is 12.0. The van der Waals surface area contributed by atoms with E-state index in [1.807, 2.05) is 0 Å². The van der Waals surface area contributed by atoms with Crippen molar-refractivity contribution in [2.45, 2.75) is 5.51 Å². The van der Waals surface area contributed by atoms with Gasteiger partial charge in [0.1, 0.15) is 0 Å². The molecule has 1 heterocycles. The number of alkyl halides is 3. The summed E-state index contributed by atoms with van der Waals surface area (Å²) in [4.78, 5) is 0. The van der Waals surface area contributed by atoms with Gasteiger partial charge >= 0.3 is 15.5 Å². The molecule has 0 aromatic rings. The molecule has 0 unspecified atom stereocenters. The fourth-order valence-corrected chi connectivity index (χ4v) is 2.10. The normalized spacial score (nSPS) is 20.2. The van der Waals surface area contributed by atoms with Gasteiger partial charge in [0.25, 0.3) is 0 Å². The van der Waals surface area contributed by atoms with Gasteiger partial charge in [-0.1, -0.05) is 0 Å². The second-order valence-corrected chi connectivity index (χ2v) is 4.65. The molecule has 1 aliphatic rings. The third-order valence-electron chi connectivity index (χ3n) is 1.80. The Labute approximate surface area is 85.9 Å². The molecule has 0 aromatic carbocycles. The zero-order valence-corrected chi connectivity index (χ0v) is 8.75. The molecule has 0 aliphatic carbocycles. The van der Waals surface area contributed by atoms with Crippen molar-refractivity contribution in [1.82, 2.24) is 4.31 Å². The number of rotatable bonds is 1. The minimum absolute atomic E-state index is 0. The molecule has 1 fully saturated rings. The molecule has 4 nitrogen and oxygen atoms in total. The number of hydrogen-bond acceptors (Lipinski definition) is 2. The smallest absolute Gasteiger partial charge is 0.344 e. The summed E-state index contributed by atoms with van der Waals surface area (Å²) in [6.07, 6.45) is 0. The molecule has 86 valence electrons. The average molecular weight is 256 g/mol. The summed E-state index contributed by atoms with van der Waals surface area (Å²) in [5.41, 5.74) is -5.16. The Morgan fingerprint density at radius 1 is 1.14 bits per heavy atom. The zero-order valence-electron chi connectivity index (χ0n) is 7.12. The van der Waals surface area contributed by atoms with Gasteiger partial charge in [0.15, 0.2) is 0 Å². The van der Waals surface area contributed by atoms with Crippen LogP contribution in [0.2, 0.25) is 0 Å². The highest BCUT2D eigenvalue weighted by Crippen LogP contribution is 2.26. The fraction of sp³-hybridized carbons (Fsp3) is 1.00. The molecule has 0 spiro atoms. The minimum Gasteiger partial charge on any atom is -0.344 e. The molecule has 0 saturated carbocycles. The molecule has 1 rings (SSSR count). The third-order valence-corrected chi connectivity index (χ3v) is 3.43. The van der Waals surface area contributed by atoms with E-state index in [0.29, 0.717) is 17.4 Å². The topological polar surface area (TPSA) is 54.0 Å². The quantitative estimate of drug-likeness (QED) is 0.663. The van der Waals surface area contributed by atoms with Crippen LogP contribution in [0.15, 0.2) is 0 Å². The van der Waals surface area contributed by atoms with Crippen LogP contribution in [0.5, 0.6) is 0 Å². The van der Waals surface area contributed by atoms with E-state index in [4.69, 9.17) is 0 Å². The van der Waals surface area contributed by atoms with Crippen LogP contribution < -0.4 is 5.32 Å². The van der Waals surface area contributed by atoms with E-state index < -0.39 is 15.5 Å². The molecular weight excluding hydrogens is 245 g/mol. The summed E-state index contributed by atoms with van der Waals surface area (Å²) in [7, 11) is -5.09. The largest absolute Gasteiger partial charge is 0.511 e. The number of nitrogens with two attached hydrogens (primary N) is 1. The summed E-state index contributed by atoms with van der Waals surface area (Å²) < 4.78 is 58.0. The molecule has 0 bridgehead atoms. The molecule has 1 saturated heterocycles. The van der Waals surface area contributed by atoms with E-state index in [1.165, 1.54) is 0 Å². The Kier molecular flexibility index (Phi) is 4.63. The number of halogens is 4. The van der Waals surface area contributed by atoms with Crippen molar-refractivity contribution < 1.29 is 26.9 Å². The van der Waals surface area contributed by atoms with Gasteiger partial charge in [0.2, 0.25) is 0 Å². The average Bonchev–Trinajstić information content (AvgIpc) is 2.04. The lowest BCUT2D eigenvalue weighted by Crippen LogP contribution is -2.90. The first-order valence-electron chi connectivity index (χ1n) is 3.74. The maximum absolute atomic E-state index is 12.0. The van der Waals surface area contributed by atoms with E-state index in [9.17, 15) is 21.6 Å². The Balaban J connectivity index is 0.00000169. The van der Waals surface area contributed by atoms with Crippen LogP contribution in [-0.2, 0) is 10.0 Å². The van der Waals surface area contributed by atoms with E-state index in [0.717, 1.165) is 0 Å². The lowest BCUT2D eigenvalue weighted by Gasteiger charge is -2.25. The summed E-state index contributed by atoms with van der Waals surface area (Å²) in [5, 5.41) is 1.78. The van der Waals surface area contributed by atoms with E-state index in [2.05, 4.69) is 0 Å². The van der Waals surface area contributed by atoms with Crippen LogP contribution in [0.3, 0.4) is 0 Å². The molecule has 0 aromatic heterocycles. The van der Waals surface area contributed by atoms with Crippen molar-refractivity contribution >= 4 is 22.4 Å². The SMILES string of the molecule is Cl.O=S(=O)(N1CC[NH2+]CC1)C(F)(F)F. The highest BCUT2D eigenvalue weighted by Gasteiger charge is 2.50. The first-order chi connectivity index (χ1) is 5.86. The molecule has 9 heteroatoms. The van der Waals surface area contributed by atoms with Gasteiger partial charge in [-0.15, -0.1) is 12.4 Å². The highest BCUT2D eigenvalue weighted by atomic mass is 35.5. The number of quaternary nitrogens is 1. The first kappa shape index (κ1) is 13.9. The molecule has 1 aliphatic heterocycles. The number of sulfonamides is 1. The third kappa shape index (κ3) is 2.72. The number of nitrogens with zero attached hydrogens (tertiary/aromatic N) is 1. The molecule has 0 amide bonds. The second kappa shape index (κ2) is 4.65. The van der Waals surface area contributed by atoms with E-state index in [1.54, 1.807) is 5.32 Å². The Morgan fingerprint density at radius 3 is 1.93 bits per heavy atom. The van der Waals surface area contributed by atoms with Crippen LogP contribution in [-0.4, -0.2) is 44.4 Å². The summed E-state index contributed by atoms with van der Waals surface area (Å²) in [6.45, 7) is 0.633. The second-order valence-electron chi connectivity index (χ2n) is 2.72. The molecule has 0 atom stereocenters. The highest BCUT2D eigenvalue weighted by molar-refractivity contribution is 7.90. The van der Waals surface area contributed by atoms with Crippen molar-refractivity contribution in [3.05, 3.63) is 0 Å². The Bertz CT molecular complexity index is 273. The predicted octanol–water partition coefficient (Wildman–Crippen LogP) is -0.863.